The lowest BCUT2D eigenvalue weighted by Gasteiger charge is -2.40. The van der Waals surface area contributed by atoms with E-state index < -0.39 is 0 Å². The van der Waals surface area contributed by atoms with Crippen molar-refractivity contribution >= 4 is 5.76 Å². The van der Waals surface area contributed by atoms with Crippen molar-refractivity contribution in [2.24, 2.45) is 23.2 Å². The van der Waals surface area contributed by atoms with Gasteiger partial charge in [-0.15, -0.1) is 0 Å². The van der Waals surface area contributed by atoms with Crippen LogP contribution in [0.1, 0.15) is 104 Å². The molecule has 1 aliphatic carbocycles. The third kappa shape index (κ3) is 7.68. The molecule has 178 valence electrons. The number of ether oxygens (including phenoxy) is 1. The molecule has 1 aromatic rings. The molecule has 0 aliphatic heterocycles. The maximum Gasteiger partial charge on any atom is 0.121 e. The maximum absolute atomic E-state index is 5.48. The summed E-state index contributed by atoms with van der Waals surface area (Å²) in [5, 5.41) is 0. The van der Waals surface area contributed by atoms with Crippen LogP contribution < -0.4 is 0 Å². The summed E-state index contributed by atoms with van der Waals surface area (Å²) in [6.45, 7) is 22.6. The van der Waals surface area contributed by atoms with Gasteiger partial charge in [-0.25, -0.2) is 0 Å². The Morgan fingerprint density at radius 2 is 1.75 bits per heavy atom. The SMILES string of the molecule is C=C(CCCC(=C)C1CCC(c2ccc(/C(=C/C)OC)cc2)CC1C(C)C)CC(C)(C)C. The quantitative estimate of drug-likeness (QED) is 0.262. The van der Waals surface area contributed by atoms with Crippen LogP contribution in [0.25, 0.3) is 5.76 Å². The highest BCUT2D eigenvalue weighted by atomic mass is 16.5. The summed E-state index contributed by atoms with van der Waals surface area (Å²) in [6.07, 6.45) is 10.5. The van der Waals surface area contributed by atoms with Gasteiger partial charge in [0.25, 0.3) is 0 Å². The molecule has 0 spiro atoms. The molecule has 1 heteroatoms. The molecule has 32 heavy (non-hydrogen) atoms. The van der Waals surface area contributed by atoms with Crippen LogP contribution in [0.4, 0.5) is 0 Å². The Morgan fingerprint density at radius 3 is 2.28 bits per heavy atom. The molecule has 1 saturated carbocycles. The van der Waals surface area contributed by atoms with Crippen LogP contribution in [0.15, 0.2) is 54.6 Å². The molecule has 0 N–H and O–H groups in total. The van der Waals surface area contributed by atoms with E-state index >= 15 is 0 Å². The van der Waals surface area contributed by atoms with Gasteiger partial charge in [0.15, 0.2) is 0 Å². The zero-order valence-electron chi connectivity index (χ0n) is 22.0. The van der Waals surface area contributed by atoms with Crippen LogP contribution >= 0.6 is 0 Å². The highest BCUT2D eigenvalue weighted by Crippen LogP contribution is 2.46. The number of rotatable bonds is 10. The van der Waals surface area contributed by atoms with Gasteiger partial charge >= 0.3 is 0 Å². The lowest BCUT2D eigenvalue weighted by atomic mass is 9.65. The minimum Gasteiger partial charge on any atom is -0.496 e. The van der Waals surface area contributed by atoms with Crippen molar-refractivity contribution in [3.63, 3.8) is 0 Å². The van der Waals surface area contributed by atoms with Crippen molar-refractivity contribution in [3.05, 3.63) is 65.8 Å². The van der Waals surface area contributed by atoms with Gasteiger partial charge in [0.1, 0.15) is 5.76 Å². The first-order valence-corrected chi connectivity index (χ1v) is 12.7. The Labute approximate surface area is 199 Å². The summed E-state index contributed by atoms with van der Waals surface area (Å²) in [6, 6.07) is 9.06. The Bertz CT molecular complexity index is 772. The van der Waals surface area contributed by atoms with E-state index in [1.165, 1.54) is 42.4 Å². The van der Waals surface area contributed by atoms with E-state index in [-0.39, 0.29) is 0 Å². The van der Waals surface area contributed by atoms with E-state index in [1.807, 2.05) is 13.0 Å². The third-order valence-corrected chi connectivity index (χ3v) is 7.24. The number of allylic oxidation sites excluding steroid dienone is 3. The van der Waals surface area contributed by atoms with Gasteiger partial charge in [-0.05, 0) is 92.6 Å². The van der Waals surface area contributed by atoms with Crippen LogP contribution in [0, 0.1) is 23.2 Å². The first-order chi connectivity index (χ1) is 15.1. The van der Waals surface area contributed by atoms with Crippen LogP contribution in [-0.4, -0.2) is 7.11 Å². The smallest absolute Gasteiger partial charge is 0.121 e. The van der Waals surface area contributed by atoms with Gasteiger partial charge in [-0.1, -0.05) is 83.2 Å². The Morgan fingerprint density at radius 1 is 1.09 bits per heavy atom. The molecular weight excluding hydrogens is 388 g/mol. The molecule has 1 aromatic carbocycles. The highest BCUT2D eigenvalue weighted by molar-refractivity contribution is 5.59. The topological polar surface area (TPSA) is 9.23 Å². The van der Waals surface area contributed by atoms with E-state index in [4.69, 9.17) is 4.74 Å². The second-order valence-electron chi connectivity index (χ2n) is 11.5. The summed E-state index contributed by atoms with van der Waals surface area (Å²) in [5.74, 6) is 3.69. The Balaban J connectivity index is 1.96. The molecular formula is C31H48O. The Hall–Kier alpha value is -1.76. The number of methoxy groups -OCH3 is 1. The number of hydrogen-bond donors (Lipinski definition) is 0. The maximum atomic E-state index is 5.48. The van der Waals surface area contributed by atoms with E-state index in [9.17, 15) is 0 Å². The van der Waals surface area contributed by atoms with Crippen molar-refractivity contribution < 1.29 is 4.74 Å². The predicted molar refractivity (Wildman–Crippen MR) is 142 cm³/mol. The fourth-order valence-corrected chi connectivity index (χ4v) is 5.66. The fraction of sp³-hybridized carbons (Fsp3) is 0.613. The molecule has 3 unspecified atom stereocenters. The van der Waals surface area contributed by atoms with Crippen molar-refractivity contribution in [3.8, 4) is 0 Å². The lowest BCUT2D eigenvalue weighted by molar-refractivity contribution is 0.186. The molecule has 1 nitrogen and oxygen atoms in total. The van der Waals surface area contributed by atoms with E-state index in [1.54, 1.807) is 7.11 Å². The Kier molecular flexibility index (Phi) is 9.86. The average Bonchev–Trinajstić information content (AvgIpc) is 2.73. The molecule has 1 aliphatic rings. The molecule has 0 saturated heterocycles. The van der Waals surface area contributed by atoms with Crippen molar-refractivity contribution in [1.82, 2.24) is 0 Å². The molecule has 0 bridgehead atoms. The third-order valence-electron chi connectivity index (χ3n) is 7.24. The van der Waals surface area contributed by atoms with Gasteiger partial charge in [-0.2, -0.15) is 0 Å². The van der Waals surface area contributed by atoms with Gasteiger partial charge in [-0.3, -0.25) is 0 Å². The first kappa shape index (κ1) is 26.5. The molecule has 0 aromatic heterocycles. The van der Waals surface area contributed by atoms with E-state index in [0.29, 0.717) is 23.2 Å². The zero-order chi connectivity index (χ0) is 23.9. The summed E-state index contributed by atoms with van der Waals surface area (Å²) < 4.78 is 5.48. The standard InChI is InChI=1S/C31H48O/c1-10-30(32-9)26-16-14-25(15-17-26)27-18-19-28(29(20-27)22(2)3)24(5)13-11-12-23(4)21-31(6,7)8/h10,14-17,22,27-29H,4-5,11-13,18-21H2,1-3,6-9H3/b30-10-. The predicted octanol–water partition coefficient (Wildman–Crippen LogP) is 9.57. The largest absolute Gasteiger partial charge is 0.496 e. The lowest BCUT2D eigenvalue weighted by Crippen LogP contribution is -2.29. The van der Waals surface area contributed by atoms with Gasteiger partial charge in [0.05, 0.1) is 7.11 Å². The van der Waals surface area contributed by atoms with Crippen molar-refractivity contribution in [2.45, 2.75) is 92.4 Å². The van der Waals surface area contributed by atoms with Crippen LogP contribution in [-0.2, 0) is 4.74 Å². The van der Waals surface area contributed by atoms with Gasteiger partial charge < -0.3 is 4.74 Å². The second kappa shape index (κ2) is 11.9. The van der Waals surface area contributed by atoms with Crippen LogP contribution in [0.2, 0.25) is 0 Å². The minimum absolute atomic E-state index is 0.339. The highest BCUT2D eigenvalue weighted by Gasteiger charge is 2.34. The second-order valence-corrected chi connectivity index (χ2v) is 11.5. The molecule has 0 heterocycles. The van der Waals surface area contributed by atoms with E-state index in [2.05, 4.69) is 72.0 Å². The summed E-state index contributed by atoms with van der Waals surface area (Å²) in [7, 11) is 1.74. The van der Waals surface area contributed by atoms with E-state index in [0.717, 1.165) is 36.5 Å². The van der Waals surface area contributed by atoms with Gasteiger partial charge in [0.2, 0.25) is 0 Å². The molecule has 2 rings (SSSR count). The van der Waals surface area contributed by atoms with Crippen LogP contribution in [0.3, 0.4) is 0 Å². The van der Waals surface area contributed by atoms with Gasteiger partial charge in [0, 0.05) is 5.56 Å². The summed E-state index contributed by atoms with van der Waals surface area (Å²) >= 11 is 0. The number of benzene rings is 1. The molecule has 1 fully saturated rings. The first-order valence-electron chi connectivity index (χ1n) is 12.7. The minimum atomic E-state index is 0.339. The average molecular weight is 437 g/mol. The summed E-state index contributed by atoms with van der Waals surface area (Å²) in [4.78, 5) is 0. The van der Waals surface area contributed by atoms with Crippen molar-refractivity contribution in [1.29, 1.82) is 0 Å². The summed E-state index contributed by atoms with van der Waals surface area (Å²) in [5.41, 5.74) is 5.86. The molecule has 0 amide bonds. The monoisotopic (exact) mass is 436 g/mol. The molecule has 3 atom stereocenters. The molecule has 0 radical (unpaired) electrons. The van der Waals surface area contributed by atoms with Crippen LogP contribution in [0.5, 0.6) is 0 Å². The van der Waals surface area contributed by atoms with Crippen molar-refractivity contribution in [2.75, 3.05) is 7.11 Å². The normalized spacial score (nSPS) is 22.1. The fourth-order valence-electron chi connectivity index (χ4n) is 5.66. The zero-order valence-corrected chi connectivity index (χ0v) is 22.0. The number of hydrogen-bond acceptors (Lipinski definition) is 1.